The van der Waals surface area contributed by atoms with E-state index in [1.807, 2.05) is 31.2 Å². The maximum Gasteiger partial charge on any atom is 0.311 e. The Morgan fingerprint density at radius 3 is 2.50 bits per heavy atom. The van der Waals surface area contributed by atoms with E-state index in [4.69, 9.17) is 16.3 Å². The van der Waals surface area contributed by atoms with Crippen LogP contribution in [0.15, 0.2) is 66.7 Å². The van der Waals surface area contributed by atoms with Gasteiger partial charge in [-0.25, -0.2) is 13.5 Å². The molecule has 0 aliphatic carbocycles. The van der Waals surface area contributed by atoms with Gasteiger partial charge >= 0.3 is 5.97 Å². The van der Waals surface area contributed by atoms with Crippen LogP contribution in [0.4, 0.5) is 8.78 Å². The van der Waals surface area contributed by atoms with Crippen LogP contribution in [-0.2, 0) is 11.2 Å². The SMILES string of the molecule is COc1ccc(-n2nc(CC(C(=O)O)c3cccc(F)c3F)cc2-c2ccc(Cl)c(C)c2)cc1. The fourth-order valence-corrected chi connectivity index (χ4v) is 3.91. The van der Waals surface area contributed by atoms with E-state index in [0.717, 1.165) is 22.9 Å². The Balaban J connectivity index is 1.81. The standard InChI is InChI=1S/C26H21ClF2N2O3/c1-15-12-16(6-11-22(15)27)24-14-17(30-31(24)18-7-9-19(34-2)10-8-18)13-21(26(32)33)20-4-3-5-23(28)25(20)29/h3-12,14,21H,13H2,1-2H3,(H,32,33). The molecule has 0 fully saturated rings. The molecule has 1 heterocycles. The molecule has 4 aromatic rings. The Morgan fingerprint density at radius 1 is 1.12 bits per heavy atom. The number of methoxy groups -OCH3 is 1. The Morgan fingerprint density at radius 2 is 1.85 bits per heavy atom. The molecule has 4 rings (SSSR count). The number of hydrogen-bond acceptors (Lipinski definition) is 3. The predicted octanol–water partition coefficient (Wildman–Crippen LogP) is 6.20. The van der Waals surface area contributed by atoms with E-state index in [-0.39, 0.29) is 12.0 Å². The minimum absolute atomic E-state index is 0.127. The maximum atomic E-state index is 14.4. The molecule has 34 heavy (non-hydrogen) atoms. The van der Waals surface area contributed by atoms with Crippen molar-refractivity contribution in [3.05, 3.63) is 100 Å². The van der Waals surface area contributed by atoms with E-state index >= 15 is 0 Å². The number of carbonyl (C=O) groups is 1. The van der Waals surface area contributed by atoms with Crippen molar-refractivity contribution < 1.29 is 23.4 Å². The van der Waals surface area contributed by atoms with E-state index < -0.39 is 23.5 Å². The summed E-state index contributed by atoms with van der Waals surface area (Å²) in [4.78, 5) is 12.0. The lowest BCUT2D eigenvalue weighted by Gasteiger charge is -2.12. The third-order valence-electron chi connectivity index (χ3n) is 5.60. The molecule has 0 spiro atoms. The summed E-state index contributed by atoms with van der Waals surface area (Å²) in [5.41, 5.74) is 3.29. The van der Waals surface area contributed by atoms with Crippen molar-refractivity contribution in [2.24, 2.45) is 0 Å². The number of aromatic nitrogens is 2. The summed E-state index contributed by atoms with van der Waals surface area (Å²) in [6, 6.07) is 18.0. The number of ether oxygens (including phenoxy) is 1. The normalized spacial score (nSPS) is 11.9. The molecule has 1 unspecified atom stereocenters. The van der Waals surface area contributed by atoms with Gasteiger partial charge in [0.15, 0.2) is 11.6 Å². The summed E-state index contributed by atoms with van der Waals surface area (Å²) in [6.07, 6.45) is -0.127. The van der Waals surface area contributed by atoms with Crippen LogP contribution >= 0.6 is 11.6 Å². The number of carboxylic acid groups (broad SMARTS) is 1. The Kier molecular flexibility index (Phi) is 6.65. The van der Waals surface area contributed by atoms with Crippen LogP contribution in [0.1, 0.15) is 22.7 Å². The number of halogens is 3. The minimum Gasteiger partial charge on any atom is -0.497 e. The van der Waals surface area contributed by atoms with Gasteiger partial charge in [-0.05, 0) is 61.0 Å². The van der Waals surface area contributed by atoms with Gasteiger partial charge in [-0.1, -0.05) is 29.8 Å². The van der Waals surface area contributed by atoms with Crippen molar-refractivity contribution in [2.75, 3.05) is 7.11 Å². The molecule has 0 bridgehead atoms. The largest absolute Gasteiger partial charge is 0.497 e. The second-order valence-corrected chi connectivity index (χ2v) is 8.24. The molecule has 5 nitrogen and oxygen atoms in total. The van der Waals surface area contributed by atoms with Gasteiger partial charge in [0, 0.05) is 22.6 Å². The van der Waals surface area contributed by atoms with Crippen LogP contribution in [0.3, 0.4) is 0 Å². The highest BCUT2D eigenvalue weighted by molar-refractivity contribution is 6.31. The van der Waals surface area contributed by atoms with Gasteiger partial charge < -0.3 is 9.84 Å². The highest BCUT2D eigenvalue weighted by Crippen LogP contribution is 2.31. The second-order valence-electron chi connectivity index (χ2n) is 7.83. The number of benzene rings is 3. The van der Waals surface area contributed by atoms with Crippen molar-refractivity contribution >= 4 is 17.6 Å². The van der Waals surface area contributed by atoms with Crippen molar-refractivity contribution in [3.8, 4) is 22.7 Å². The first-order chi connectivity index (χ1) is 16.3. The molecule has 1 N–H and O–H groups in total. The number of nitrogens with zero attached hydrogens (tertiary/aromatic N) is 2. The average molecular weight is 483 g/mol. The van der Waals surface area contributed by atoms with Crippen molar-refractivity contribution in [3.63, 3.8) is 0 Å². The molecular formula is C26H21ClF2N2O3. The van der Waals surface area contributed by atoms with E-state index in [2.05, 4.69) is 5.10 Å². The van der Waals surface area contributed by atoms with Crippen LogP contribution in [0.25, 0.3) is 16.9 Å². The van der Waals surface area contributed by atoms with E-state index in [1.54, 1.807) is 36.1 Å². The average Bonchev–Trinajstić information content (AvgIpc) is 3.25. The second kappa shape index (κ2) is 9.65. The monoisotopic (exact) mass is 482 g/mol. The van der Waals surface area contributed by atoms with Gasteiger partial charge in [0.25, 0.3) is 0 Å². The zero-order chi connectivity index (χ0) is 24.4. The highest BCUT2D eigenvalue weighted by atomic mass is 35.5. The number of hydrogen-bond donors (Lipinski definition) is 1. The lowest BCUT2D eigenvalue weighted by molar-refractivity contribution is -0.138. The van der Waals surface area contributed by atoms with Gasteiger partial charge in [0.1, 0.15) is 5.75 Å². The molecule has 0 aliphatic rings. The molecule has 1 atom stereocenters. The third kappa shape index (κ3) is 4.65. The Hall–Kier alpha value is -3.71. The summed E-state index contributed by atoms with van der Waals surface area (Å²) < 4.78 is 35.1. The zero-order valence-electron chi connectivity index (χ0n) is 18.4. The molecule has 174 valence electrons. The van der Waals surface area contributed by atoms with Gasteiger partial charge in [-0.15, -0.1) is 0 Å². The maximum absolute atomic E-state index is 14.4. The molecule has 8 heteroatoms. The molecular weight excluding hydrogens is 462 g/mol. The lowest BCUT2D eigenvalue weighted by atomic mass is 9.93. The van der Waals surface area contributed by atoms with E-state index in [0.29, 0.717) is 22.2 Å². The number of aryl methyl sites for hydroxylation is 1. The van der Waals surface area contributed by atoms with Crippen LogP contribution in [0.2, 0.25) is 5.02 Å². The first kappa shape index (κ1) is 23.4. The van der Waals surface area contributed by atoms with Crippen LogP contribution in [0.5, 0.6) is 5.75 Å². The molecule has 0 radical (unpaired) electrons. The molecule has 0 aliphatic heterocycles. The summed E-state index contributed by atoms with van der Waals surface area (Å²) in [5.74, 6) is -4.17. The zero-order valence-corrected chi connectivity index (χ0v) is 19.2. The predicted molar refractivity (Wildman–Crippen MR) is 126 cm³/mol. The minimum atomic E-state index is -1.31. The first-order valence-electron chi connectivity index (χ1n) is 10.4. The van der Waals surface area contributed by atoms with E-state index in [9.17, 15) is 18.7 Å². The van der Waals surface area contributed by atoms with Crippen molar-refractivity contribution in [2.45, 2.75) is 19.3 Å². The number of aliphatic carboxylic acids is 1. The summed E-state index contributed by atoms with van der Waals surface area (Å²) in [5, 5.41) is 15.0. The van der Waals surface area contributed by atoms with Crippen molar-refractivity contribution in [1.82, 2.24) is 9.78 Å². The Labute approximate surface area is 200 Å². The summed E-state index contributed by atoms with van der Waals surface area (Å²) >= 11 is 6.19. The first-order valence-corrected chi connectivity index (χ1v) is 10.8. The third-order valence-corrected chi connectivity index (χ3v) is 6.02. The van der Waals surface area contributed by atoms with Gasteiger partial charge in [-0.2, -0.15) is 5.10 Å². The lowest BCUT2D eigenvalue weighted by Crippen LogP contribution is -2.17. The smallest absolute Gasteiger partial charge is 0.311 e. The molecule has 1 aromatic heterocycles. The van der Waals surface area contributed by atoms with Crippen LogP contribution < -0.4 is 4.74 Å². The van der Waals surface area contributed by atoms with Crippen LogP contribution in [0, 0.1) is 18.6 Å². The molecule has 0 saturated heterocycles. The summed E-state index contributed by atoms with van der Waals surface area (Å²) in [7, 11) is 1.57. The highest BCUT2D eigenvalue weighted by Gasteiger charge is 2.27. The topological polar surface area (TPSA) is 64.4 Å². The number of rotatable bonds is 7. The summed E-state index contributed by atoms with van der Waals surface area (Å²) in [6.45, 7) is 1.88. The molecule has 0 saturated carbocycles. The number of carboxylic acids is 1. The van der Waals surface area contributed by atoms with Gasteiger partial charge in [0.05, 0.1) is 30.1 Å². The quantitative estimate of drug-likeness (QED) is 0.340. The van der Waals surface area contributed by atoms with Gasteiger partial charge in [0.2, 0.25) is 0 Å². The van der Waals surface area contributed by atoms with Crippen molar-refractivity contribution in [1.29, 1.82) is 0 Å². The fraction of sp³-hybridized carbons (Fsp3) is 0.154. The molecule has 3 aromatic carbocycles. The van der Waals surface area contributed by atoms with Gasteiger partial charge in [-0.3, -0.25) is 4.79 Å². The van der Waals surface area contributed by atoms with Crippen LogP contribution in [-0.4, -0.2) is 28.0 Å². The van der Waals surface area contributed by atoms with E-state index in [1.165, 1.54) is 12.1 Å². The Bertz CT molecular complexity index is 1350. The molecule has 0 amide bonds. The fourth-order valence-electron chi connectivity index (χ4n) is 3.79.